The highest BCUT2D eigenvalue weighted by Crippen LogP contribution is 2.13. The van der Waals surface area contributed by atoms with E-state index in [1.807, 2.05) is 6.07 Å². The Hall–Kier alpha value is -1.46. The standard InChI is InChI=1S/C15H21N3OS/c16-14(20)10-15(19)17-13-6-8-18(9-7-13)11-12-4-2-1-3-5-12/h1-5,13H,6-11H2,(H2,16,20)(H,17,19). The number of hydrogen-bond acceptors (Lipinski definition) is 3. The number of benzene rings is 1. The van der Waals surface area contributed by atoms with Crippen molar-refractivity contribution in [1.29, 1.82) is 0 Å². The number of carbonyl (C=O) groups is 1. The first-order chi connectivity index (χ1) is 9.63. The molecule has 4 nitrogen and oxygen atoms in total. The topological polar surface area (TPSA) is 58.4 Å². The number of nitrogens with two attached hydrogens (primary N) is 1. The summed E-state index contributed by atoms with van der Waals surface area (Å²) in [6.07, 6.45) is 2.12. The minimum atomic E-state index is -0.0565. The summed E-state index contributed by atoms with van der Waals surface area (Å²) in [6.45, 7) is 2.99. The predicted octanol–water partition coefficient (Wildman–Crippen LogP) is 1.44. The molecule has 2 rings (SSSR count). The van der Waals surface area contributed by atoms with Crippen molar-refractivity contribution in [2.24, 2.45) is 5.73 Å². The molecule has 1 aliphatic heterocycles. The number of nitrogens with one attached hydrogen (secondary N) is 1. The van der Waals surface area contributed by atoms with Crippen molar-refractivity contribution in [3.63, 3.8) is 0 Å². The quantitative estimate of drug-likeness (QED) is 0.806. The second-order valence-electron chi connectivity index (χ2n) is 5.25. The van der Waals surface area contributed by atoms with E-state index in [-0.39, 0.29) is 23.4 Å². The zero-order chi connectivity index (χ0) is 14.4. The van der Waals surface area contributed by atoms with Gasteiger partial charge in [0.15, 0.2) is 0 Å². The van der Waals surface area contributed by atoms with Gasteiger partial charge in [0.1, 0.15) is 0 Å². The number of likely N-dealkylation sites (tertiary alicyclic amines) is 1. The van der Waals surface area contributed by atoms with E-state index in [9.17, 15) is 4.79 Å². The first kappa shape index (κ1) is 14.9. The molecule has 5 heteroatoms. The van der Waals surface area contributed by atoms with Gasteiger partial charge in [-0.3, -0.25) is 9.69 Å². The normalized spacial score (nSPS) is 16.8. The molecule has 0 aliphatic carbocycles. The van der Waals surface area contributed by atoms with Crippen LogP contribution in [0, 0.1) is 0 Å². The summed E-state index contributed by atoms with van der Waals surface area (Å²) in [5, 5.41) is 3.00. The molecule has 0 unspecified atom stereocenters. The Morgan fingerprint density at radius 3 is 2.55 bits per heavy atom. The summed E-state index contributed by atoms with van der Waals surface area (Å²) in [6, 6.07) is 10.7. The van der Waals surface area contributed by atoms with E-state index in [1.54, 1.807) is 0 Å². The number of piperidine rings is 1. The smallest absolute Gasteiger partial charge is 0.227 e. The molecule has 0 saturated carbocycles. The molecule has 0 atom stereocenters. The van der Waals surface area contributed by atoms with Gasteiger partial charge in [0, 0.05) is 25.7 Å². The van der Waals surface area contributed by atoms with Crippen LogP contribution in [0.2, 0.25) is 0 Å². The monoisotopic (exact) mass is 291 g/mol. The highest BCUT2D eigenvalue weighted by atomic mass is 32.1. The molecule has 1 aromatic rings. The molecule has 0 bridgehead atoms. The number of hydrogen-bond donors (Lipinski definition) is 2. The van der Waals surface area contributed by atoms with E-state index >= 15 is 0 Å². The first-order valence-electron chi connectivity index (χ1n) is 6.97. The Kier molecular flexibility index (Phi) is 5.49. The summed E-state index contributed by atoms with van der Waals surface area (Å²) in [5.41, 5.74) is 6.71. The molecule has 1 heterocycles. The summed E-state index contributed by atoms with van der Waals surface area (Å²) < 4.78 is 0. The third kappa shape index (κ3) is 4.90. The molecule has 3 N–H and O–H groups in total. The molecular formula is C15H21N3OS. The third-order valence-corrected chi connectivity index (χ3v) is 3.68. The van der Waals surface area contributed by atoms with Crippen LogP contribution in [0.3, 0.4) is 0 Å². The van der Waals surface area contributed by atoms with Gasteiger partial charge in [-0.25, -0.2) is 0 Å². The van der Waals surface area contributed by atoms with E-state index in [2.05, 4.69) is 34.5 Å². The molecule has 1 fully saturated rings. The Morgan fingerprint density at radius 1 is 1.30 bits per heavy atom. The number of thiocarbonyl (C=S) groups is 1. The van der Waals surface area contributed by atoms with Crippen molar-refractivity contribution >= 4 is 23.1 Å². The lowest BCUT2D eigenvalue weighted by Crippen LogP contribution is -2.44. The second-order valence-corrected chi connectivity index (χ2v) is 5.77. The third-order valence-electron chi connectivity index (χ3n) is 3.54. The van der Waals surface area contributed by atoms with Gasteiger partial charge in [0.05, 0.1) is 11.4 Å². The van der Waals surface area contributed by atoms with Gasteiger partial charge in [-0.1, -0.05) is 42.5 Å². The molecule has 0 spiro atoms. The summed E-state index contributed by atoms with van der Waals surface area (Å²) in [4.78, 5) is 14.3. The molecular weight excluding hydrogens is 270 g/mol. The van der Waals surface area contributed by atoms with Crippen LogP contribution >= 0.6 is 12.2 Å². The van der Waals surface area contributed by atoms with Gasteiger partial charge in [-0.05, 0) is 18.4 Å². The lowest BCUT2D eigenvalue weighted by atomic mass is 10.0. The first-order valence-corrected chi connectivity index (χ1v) is 7.38. The summed E-state index contributed by atoms with van der Waals surface area (Å²) in [5.74, 6) is -0.0565. The van der Waals surface area contributed by atoms with Crippen molar-refractivity contribution in [3.8, 4) is 0 Å². The predicted molar refractivity (Wildman–Crippen MR) is 84.3 cm³/mol. The summed E-state index contributed by atoms with van der Waals surface area (Å²) >= 11 is 4.74. The number of carbonyl (C=O) groups excluding carboxylic acids is 1. The Morgan fingerprint density at radius 2 is 1.95 bits per heavy atom. The summed E-state index contributed by atoms with van der Waals surface area (Å²) in [7, 11) is 0. The van der Waals surface area contributed by atoms with E-state index in [0.717, 1.165) is 32.5 Å². The lowest BCUT2D eigenvalue weighted by Gasteiger charge is -2.32. The molecule has 1 saturated heterocycles. The fourth-order valence-electron chi connectivity index (χ4n) is 2.51. The maximum absolute atomic E-state index is 11.6. The zero-order valence-corrected chi connectivity index (χ0v) is 12.4. The van der Waals surface area contributed by atoms with Crippen LogP contribution < -0.4 is 11.1 Å². The van der Waals surface area contributed by atoms with Crippen molar-refractivity contribution in [2.45, 2.75) is 31.8 Å². The average Bonchev–Trinajstić information content (AvgIpc) is 2.41. The van der Waals surface area contributed by atoms with E-state index < -0.39 is 0 Å². The number of amides is 1. The van der Waals surface area contributed by atoms with Crippen LogP contribution in [0.25, 0.3) is 0 Å². The fourth-order valence-corrected chi connectivity index (χ4v) is 2.65. The number of rotatable bonds is 5. The van der Waals surface area contributed by atoms with E-state index in [1.165, 1.54) is 5.56 Å². The largest absolute Gasteiger partial charge is 0.393 e. The lowest BCUT2D eigenvalue weighted by molar-refractivity contribution is -0.120. The molecule has 0 radical (unpaired) electrons. The van der Waals surface area contributed by atoms with Gasteiger partial charge in [-0.2, -0.15) is 0 Å². The van der Waals surface area contributed by atoms with E-state index in [4.69, 9.17) is 18.0 Å². The van der Waals surface area contributed by atoms with Gasteiger partial charge < -0.3 is 11.1 Å². The van der Waals surface area contributed by atoms with Gasteiger partial charge >= 0.3 is 0 Å². The Bertz CT molecular complexity index is 455. The molecule has 1 aliphatic rings. The zero-order valence-electron chi connectivity index (χ0n) is 11.5. The highest BCUT2D eigenvalue weighted by Gasteiger charge is 2.20. The maximum Gasteiger partial charge on any atom is 0.227 e. The minimum absolute atomic E-state index is 0.0565. The molecule has 108 valence electrons. The van der Waals surface area contributed by atoms with Crippen LogP contribution in [0.1, 0.15) is 24.8 Å². The Labute approximate surface area is 125 Å². The Balaban J connectivity index is 1.72. The van der Waals surface area contributed by atoms with Crippen molar-refractivity contribution < 1.29 is 4.79 Å². The maximum atomic E-state index is 11.6. The van der Waals surface area contributed by atoms with Gasteiger partial charge in [0.25, 0.3) is 0 Å². The van der Waals surface area contributed by atoms with Crippen LogP contribution in [0.4, 0.5) is 0 Å². The van der Waals surface area contributed by atoms with Gasteiger partial charge in [0.2, 0.25) is 5.91 Å². The van der Waals surface area contributed by atoms with Crippen LogP contribution in [-0.2, 0) is 11.3 Å². The minimum Gasteiger partial charge on any atom is -0.393 e. The fraction of sp³-hybridized carbons (Fsp3) is 0.467. The van der Waals surface area contributed by atoms with Crippen molar-refractivity contribution in [1.82, 2.24) is 10.2 Å². The highest BCUT2D eigenvalue weighted by molar-refractivity contribution is 7.80. The molecule has 0 aromatic heterocycles. The number of nitrogens with zero attached hydrogens (tertiary/aromatic N) is 1. The van der Waals surface area contributed by atoms with Crippen LogP contribution in [-0.4, -0.2) is 34.9 Å². The molecule has 20 heavy (non-hydrogen) atoms. The van der Waals surface area contributed by atoms with Crippen molar-refractivity contribution in [3.05, 3.63) is 35.9 Å². The molecule has 1 aromatic carbocycles. The van der Waals surface area contributed by atoms with E-state index in [0.29, 0.717) is 0 Å². The SMILES string of the molecule is NC(=S)CC(=O)NC1CCN(Cc2ccccc2)CC1. The van der Waals surface area contributed by atoms with Gasteiger partial charge in [-0.15, -0.1) is 0 Å². The second kappa shape index (κ2) is 7.36. The molecule has 1 amide bonds. The average molecular weight is 291 g/mol. The van der Waals surface area contributed by atoms with Crippen molar-refractivity contribution in [2.75, 3.05) is 13.1 Å². The van der Waals surface area contributed by atoms with Crippen LogP contribution in [0.5, 0.6) is 0 Å². The van der Waals surface area contributed by atoms with Crippen LogP contribution in [0.15, 0.2) is 30.3 Å².